The monoisotopic (exact) mass is 265 g/mol. The molecule has 0 aliphatic rings. The summed E-state index contributed by atoms with van der Waals surface area (Å²) in [5.41, 5.74) is 4.46. The number of rotatable bonds is 2. The zero-order valence-corrected chi connectivity index (χ0v) is 8.62. The summed E-state index contributed by atoms with van der Waals surface area (Å²) >= 11 is 0. The van der Waals surface area contributed by atoms with E-state index in [0.29, 0.717) is 6.07 Å². The lowest BCUT2D eigenvalue weighted by molar-refractivity contribution is -0.140. The first-order chi connectivity index (χ1) is 8.23. The smallest absolute Gasteiger partial charge is 0.419 e. The Morgan fingerprint density at radius 2 is 2.06 bits per heavy atom. The van der Waals surface area contributed by atoms with Crippen molar-refractivity contribution in [1.29, 1.82) is 0 Å². The van der Waals surface area contributed by atoms with Gasteiger partial charge in [-0.25, -0.2) is 14.6 Å². The van der Waals surface area contributed by atoms with Gasteiger partial charge >= 0.3 is 12.2 Å². The third-order valence-electron chi connectivity index (χ3n) is 1.83. The number of carbonyl (C=O) groups is 1. The number of urea groups is 1. The van der Waals surface area contributed by atoms with Crippen molar-refractivity contribution in [2.45, 2.75) is 6.18 Å². The van der Waals surface area contributed by atoms with Crippen molar-refractivity contribution < 1.29 is 27.5 Å². The summed E-state index contributed by atoms with van der Waals surface area (Å²) in [6.45, 7) is 0. The molecule has 1 rings (SSSR count). The van der Waals surface area contributed by atoms with Gasteiger partial charge in [0.15, 0.2) is 11.6 Å². The van der Waals surface area contributed by atoms with Gasteiger partial charge in [0.1, 0.15) is 0 Å². The van der Waals surface area contributed by atoms with E-state index in [0.717, 1.165) is 12.3 Å². The van der Waals surface area contributed by atoms with E-state index in [1.165, 1.54) is 0 Å². The van der Waals surface area contributed by atoms with Gasteiger partial charge in [-0.2, -0.15) is 18.3 Å². The number of phenolic OH excluding ortho intramolecular Hbond substituents is 1. The summed E-state index contributed by atoms with van der Waals surface area (Å²) in [5, 5.41) is 12.4. The molecular formula is C9H7F4N3O2. The Kier molecular flexibility index (Phi) is 3.74. The number of hydrogen-bond donors (Lipinski definition) is 3. The van der Waals surface area contributed by atoms with Crippen LogP contribution in [-0.4, -0.2) is 17.4 Å². The second-order valence-electron chi connectivity index (χ2n) is 3.10. The van der Waals surface area contributed by atoms with Crippen molar-refractivity contribution in [2.75, 3.05) is 0 Å². The SMILES string of the molecule is NC(=O)NN=Cc1ccc(C(F)(F)F)c(F)c1O. The Balaban J connectivity index is 3.09. The minimum atomic E-state index is -4.91. The normalized spacial score (nSPS) is 11.8. The van der Waals surface area contributed by atoms with Crippen molar-refractivity contribution in [3.05, 3.63) is 29.1 Å². The van der Waals surface area contributed by atoms with Gasteiger partial charge in [0.2, 0.25) is 0 Å². The molecule has 4 N–H and O–H groups in total. The topological polar surface area (TPSA) is 87.7 Å². The largest absolute Gasteiger partial charge is 0.504 e. The fourth-order valence-electron chi connectivity index (χ4n) is 1.07. The number of hydrogen-bond acceptors (Lipinski definition) is 3. The Morgan fingerprint density at radius 1 is 1.44 bits per heavy atom. The molecule has 0 heterocycles. The molecule has 1 aromatic carbocycles. The molecule has 18 heavy (non-hydrogen) atoms. The second-order valence-corrected chi connectivity index (χ2v) is 3.10. The second kappa shape index (κ2) is 4.90. The highest BCUT2D eigenvalue weighted by Crippen LogP contribution is 2.35. The van der Waals surface area contributed by atoms with Crippen LogP contribution in [0.4, 0.5) is 22.4 Å². The maximum atomic E-state index is 13.2. The number of aromatic hydroxyl groups is 1. The van der Waals surface area contributed by atoms with Gasteiger partial charge in [-0.15, -0.1) is 0 Å². The van der Waals surface area contributed by atoms with Gasteiger partial charge in [0.25, 0.3) is 0 Å². The number of primary amides is 1. The molecule has 0 atom stereocenters. The summed E-state index contributed by atoms with van der Waals surface area (Å²) in [4.78, 5) is 10.2. The number of benzene rings is 1. The van der Waals surface area contributed by atoms with Crippen molar-refractivity contribution >= 4 is 12.2 Å². The molecule has 0 aromatic heterocycles. The first kappa shape index (κ1) is 13.7. The van der Waals surface area contributed by atoms with E-state index in [-0.39, 0.29) is 5.56 Å². The average molecular weight is 265 g/mol. The molecule has 1 aromatic rings. The highest BCUT2D eigenvalue weighted by molar-refractivity contribution is 5.84. The number of hydrazone groups is 1. The maximum absolute atomic E-state index is 13.2. The summed E-state index contributed by atoms with van der Waals surface area (Å²) < 4.78 is 50.0. The average Bonchev–Trinajstić information content (AvgIpc) is 2.22. The van der Waals surface area contributed by atoms with Crippen LogP contribution in [0.3, 0.4) is 0 Å². The van der Waals surface area contributed by atoms with Gasteiger partial charge in [-0.05, 0) is 12.1 Å². The van der Waals surface area contributed by atoms with Gasteiger partial charge in [0, 0.05) is 5.56 Å². The van der Waals surface area contributed by atoms with Crippen LogP contribution in [0.25, 0.3) is 0 Å². The van der Waals surface area contributed by atoms with Gasteiger partial charge in [-0.3, -0.25) is 0 Å². The molecule has 0 saturated carbocycles. The number of nitrogens with one attached hydrogen (secondary N) is 1. The summed E-state index contributed by atoms with van der Waals surface area (Å²) in [7, 11) is 0. The Bertz CT molecular complexity index is 499. The number of carbonyl (C=O) groups excluding carboxylic acids is 1. The lowest BCUT2D eigenvalue weighted by Gasteiger charge is -2.09. The predicted octanol–water partition coefficient (Wildman–Crippen LogP) is 1.55. The van der Waals surface area contributed by atoms with Crippen molar-refractivity contribution in [3.63, 3.8) is 0 Å². The molecule has 2 amide bonds. The number of alkyl halides is 3. The number of halogens is 4. The molecule has 0 bridgehead atoms. The third kappa shape index (κ3) is 3.09. The molecule has 9 heteroatoms. The molecule has 5 nitrogen and oxygen atoms in total. The fourth-order valence-corrected chi connectivity index (χ4v) is 1.07. The van der Waals surface area contributed by atoms with Crippen LogP contribution in [-0.2, 0) is 6.18 Å². The predicted molar refractivity (Wildman–Crippen MR) is 53.4 cm³/mol. The Morgan fingerprint density at radius 3 is 2.56 bits per heavy atom. The molecule has 0 aliphatic carbocycles. The minimum absolute atomic E-state index is 0.339. The van der Waals surface area contributed by atoms with E-state index < -0.39 is 29.3 Å². The fraction of sp³-hybridized carbons (Fsp3) is 0.111. The zero-order chi connectivity index (χ0) is 13.9. The van der Waals surface area contributed by atoms with Crippen molar-refractivity contribution in [1.82, 2.24) is 5.43 Å². The van der Waals surface area contributed by atoms with E-state index in [2.05, 4.69) is 10.8 Å². The Hall–Kier alpha value is -2.32. The molecular weight excluding hydrogens is 258 g/mol. The van der Waals surface area contributed by atoms with Crippen LogP contribution in [0.5, 0.6) is 5.75 Å². The van der Waals surface area contributed by atoms with Crippen LogP contribution in [0.15, 0.2) is 17.2 Å². The quantitative estimate of drug-likeness (QED) is 0.430. The summed E-state index contributed by atoms with van der Waals surface area (Å²) in [5.74, 6) is -3.04. The molecule has 0 saturated heterocycles. The van der Waals surface area contributed by atoms with Crippen LogP contribution >= 0.6 is 0 Å². The van der Waals surface area contributed by atoms with E-state index in [1.54, 1.807) is 5.43 Å². The van der Waals surface area contributed by atoms with Gasteiger partial charge in [-0.1, -0.05) is 0 Å². The van der Waals surface area contributed by atoms with Gasteiger partial charge in [0.05, 0.1) is 11.8 Å². The van der Waals surface area contributed by atoms with Crippen LogP contribution in [0.1, 0.15) is 11.1 Å². The highest BCUT2D eigenvalue weighted by atomic mass is 19.4. The van der Waals surface area contributed by atoms with Crippen LogP contribution in [0, 0.1) is 5.82 Å². The van der Waals surface area contributed by atoms with Crippen molar-refractivity contribution in [2.24, 2.45) is 10.8 Å². The standard InChI is InChI=1S/C9H7F4N3O2/c10-6-5(9(11,12)13)2-1-4(7(6)17)3-15-16-8(14)18/h1-3,17H,(H3,14,16,18). The lowest BCUT2D eigenvalue weighted by atomic mass is 10.1. The van der Waals surface area contributed by atoms with Gasteiger partial charge < -0.3 is 10.8 Å². The molecule has 0 spiro atoms. The van der Waals surface area contributed by atoms with Crippen LogP contribution < -0.4 is 11.2 Å². The van der Waals surface area contributed by atoms with Crippen LogP contribution in [0.2, 0.25) is 0 Å². The number of nitrogens with two attached hydrogens (primary N) is 1. The number of nitrogens with zero attached hydrogens (tertiary/aromatic N) is 1. The lowest BCUT2D eigenvalue weighted by Crippen LogP contribution is -2.24. The first-order valence-corrected chi connectivity index (χ1v) is 4.40. The Labute approximate surface area is 97.9 Å². The first-order valence-electron chi connectivity index (χ1n) is 4.40. The summed E-state index contributed by atoms with van der Waals surface area (Å²) in [6.07, 6.45) is -4.16. The minimum Gasteiger partial charge on any atom is -0.504 e. The van der Waals surface area contributed by atoms with E-state index in [4.69, 9.17) is 0 Å². The molecule has 0 aliphatic heterocycles. The van der Waals surface area contributed by atoms with E-state index in [9.17, 15) is 27.5 Å². The molecule has 0 fully saturated rings. The molecule has 98 valence electrons. The molecule has 0 radical (unpaired) electrons. The maximum Gasteiger partial charge on any atom is 0.419 e. The number of phenols is 1. The van der Waals surface area contributed by atoms with E-state index in [1.807, 2.05) is 0 Å². The molecule has 0 unspecified atom stereocenters. The summed E-state index contributed by atoms with van der Waals surface area (Å²) in [6, 6.07) is 0.229. The zero-order valence-electron chi connectivity index (χ0n) is 8.62. The van der Waals surface area contributed by atoms with Crippen molar-refractivity contribution in [3.8, 4) is 5.75 Å². The third-order valence-corrected chi connectivity index (χ3v) is 1.83. The van der Waals surface area contributed by atoms with E-state index >= 15 is 0 Å². The number of amides is 2. The highest BCUT2D eigenvalue weighted by Gasteiger charge is 2.35.